The van der Waals surface area contributed by atoms with Gasteiger partial charge in [-0.15, -0.1) is 0 Å². The predicted molar refractivity (Wildman–Crippen MR) is 97.8 cm³/mol. The molecule has 2 aromatic carbocycles. The molecule has 0 saturated heterocycles. The lowest BCUT2D eigenvalue weighted by Gasteiger charge is -2.13. The highest BCUT2D eigenvalue weighted by Gasteiger charge is 2.14. The summed E-state index contributed by atoms with van der Waals surface area (Å²) in [6, 6.07) is 13.3. The van der Waals surface area contributed by atoms with Crippen LogP contribution in [0.2, 0.25) is 0 Å². The molecule has 0 N–H and O–H groups in total. The van der Waals surface area contributed by atoms with E-state index in [1.54, 1.807) is 7.05 Å². The first-order chi connectivity index (χ1) is 11.1. The molecular formula is C15H12BrIN4O2. The number of para-hydroxylation sites is 1. The molecule has 0 bridgehead atoms. The van der Waals surface area contributed by atoms with Gasteiger partial charge in [0.15, 0.2) is 0 Å². The van der Waals surface area contributed by atoms with Gasteiger partial charge in [0.1, 0.15) is 12.4 Å². The normalized spacial score (nSPS) is 10.7. The lowest BCUT2D eigenvalue weighted by Crippen LogP contribution is -2.23. The maximum Gasteiger partial charge on any atom is 0.368 e. The molecule has 1 heterocycles. The summed E-state index contributed by atoms with van der Waals surface area (Å²) in [5.41, 5.74) is 1.25. The third-order valence-electron chi connectivity index (χ3n) is 3.25. The van der Waals surface area contributed by atoms with Gasteiger partial charge in [0, 0.05) is 16.2 Å². The molecule has 0 aliphatic heterocycles. The van der Waals surface area contributed by atoms with Gasteiger partial charge in [-0.05, 0) is 73.2 Å². The van der Waals surface area contributed by atoms with Gasteiger partial charge in [-0.3, -0.25) is 0 Å². The second kappa shape index (κ2) is 6.83. The zero-order valence-corrected chi connectivity index (χ0v) is 15.9. The predicted octanol–water partition coefficient (Wildman–Crippen LogP) is 2.91. The molecule has 0 spiro atoms. The molecule has 0 aliphatic rings. The average Bonchev–Trinajstić information content (AvgIpc) is 2.87. The summed E-state index contributed by atoms with van der Waals surface area (Å²) in [7, 11) is 1.57. The topological polar surface area (TPSA) is 61.9 Å². The van der Waals surface area contributed by atoms with Crippen molar-refractivity contribution in [3.05, 3.63) is 66.6 Å². The highest BCUT2D eigenvalue weighted by Crippen LogP contribution is 2.27. The van der Waals surface area contributed by atoms with Crippen LogP contribution in [0.4, 0.5) is 0 Å². The maximum absolute atomic E-state index is 12.1. The van der Waals surface area contributed by atoms with E-state index in [4.69, 9.17) is 4.74 Å². The SMILES string of the molecule is Cn1nnn(-c2cccc(I)c2COc2ccccc2Br)c1=O. The van der Waals surface area contributed by atoms with Crippen molar-refractivity contribution in [2.75, 3.05) is 0 Å². The number of halogens is 2. The van der Waals surface area contributed by atoms with Crippen molar-refractivity contribution in [3.8, 4) is 11.4 Å². The first-order valence-corrected chi connectivity index (χ1v) is 8.59. The fraction of sp³-hybridized carbons (Fsp3) is 0.133. The Morgan fingerprint density at radius 2 is 1.96 bits per heavy atom. The van der Waals surface area contributed by atoms with Crippen LogP contribution in [0.25, 0.3) is 5.69 Å². The molecule has 1 aromatic heterocycles. The van der Waals surface area contributed by atoms with Crippen LogP contribution in [0.1, 0.15) is 5.56 Å². The van der Waals surface area contributed by atoms with E-state index in [-0.39, 0.29) is 5.69 Å². The smallest absolute Gasteiger partial charge is 0.368 e. The Kier molecular flexibility index (Phi) is 4.81. The van der Waals surface area contributed by atoms with E-state index in [0.29, 0.717) is 12.3 Å². The van der Waals surface area contributed by atoms with E-state index >= 15 is 0 Å². The van der Waals surface area contributed by atoms with E-state index in [2.05, 4.69) is 48.9 Å². The van der Waals surface area contributed by atoms with Gasteiger partial charge in [-0.25, -0.2) is 4.79 Å². The van der Waals surface area contributed by atoms with Gasteiger partial charge < -0.3 is 4.74 Å². The third-order valence-corrected chi connectivity index (χ3v) is 4.92. The number of hydrogen-bond acceptors (Lipinski definition) is 4. The van der Waals surface area contributed by atoms with Crippen molar-refractivity contribution in [2.24, 2.45) is 7.05 Å². The molecule has 3 aromatic rings. The number of aromatic nitrogens is 4. The summed E-state index contributed by atoms with van der Waals surface area (Å²) < 4.78 is 10.2. The molecule has 0 atom stereocenters. The lowest BCUT2D eigenvalue weighted by molar-refractivity contribution is 0.302. The minimum absolute atomic E-state index is 0.297. The van der Waals surface area contributed by atoms with Crippen LogP contribution < -0.4 is 10.4 Å². The van der Waals surface area contributed by atoms with Crippen molar-refractivity contribution in [1.29, 1.82) is 0 Å². The summed E-state index contributed by atoms with van der Waals surface area (Å²) in [5, 5.41) is 7.67. The highest BCUT2D eigenvalue weighted by molar-refractivity contribution is 14.1. The minimum Gasteiger partial charge on any atom is -0.488 e. The molecule has 0 radical (unpaired) electrons. The zero-order valence-electron chi connectivity index (χ0n) is 12.1. The number of benzene rings is 2. The fourth-order valence-corrected chi connectivity index (χ4v) is 3.10. The molecule has 6 nitrogen and oxygen atoms in total. The number of ether oxygens (including phenoxy) is 1. The van der Waals surface area contributed by atoms with E-state index < -0.39 is 0 Å². The fourth-order valence-electron chi connectivity index (χ4n) is 2.07. The summed E-state index contributed by atoms with van der Waals surface area (Å²) in [6.45, 7) is 0.320. The number of nitrogens with zero attached hydrogens (tertiary/aromatic N) is 4. The third kappa shape index (κ3) is 3.32. The highest BCUT2D eigenvalue weighted by atomic mass is 127. The molecule has 0 aliphatic carbocycles. The zero-order chi connectivity index (χ0) is 16.4. The van der Waals surface area contributed by atoms with Crippen LogP contribution >= 0.6 is 38.5 Å². The monoisotopic (exact) mass is 486 g/mol. The van der Waals surface area contributed by atoms with Crippen molar-refractivity contribution >= 4 is 38.5 Å². The number of aryl methyl sites for hydroxylation is 1. The first-order valence-electron chi connectivity index (χ1n) is 6.72. The summed E-state index contributed by atoms with van der Waals surface area (Å²) >= 11 is 5.68. The molecule has 0 fully saturated rings. The Morgan fingerprint density at radius 1 is 1.17 bits per heavy atom. The van der Waals surface area contributed by atoms with Gasteiger partial charge in [0.25, 0.3) is 0 Å². The van der Waals surface area contributed by atoms with Crippen molar-refractivity contribution in [1.82, 2.24) is 19.8 Å². The molecule has 0 amide bonds. The summed E-state index contributed by atoms with van der Waals surface area (Å²) in [4.78, 5) is 12.1. The Labute approximate surface area is 154 Å². The Balaban J connectivity index is 1.98. The van der Waals surface area contributed by atoms with Crippen molar-refractivity contribution in [2.45, 2.75) is 6.61 Å². The second-order valence-corrected chi connectivity index (χ2v) is 6.77. The minimum atomic E-state index is -0.297. The first kappa shape index (κ1) is 16.2. The molecular weight excluding hydrogens is 475 g/mol. The molecule has 23 heavy (non-hydrogen) atoms. The van der Waals surface area contributed by atoms with Crippen LogP contribution in [-0.4, -0.2) is 19.8 Å². The largest absolute Gasteiger partial charge is 0.488 e. The average molecular weight is 487 g/mol. The molecule has 0 unspecified atom stereocenters. The van der Waals surface area contributed by atoms with Crippen LogP contribution in [-0.2, 0) is 13.7 Å². The summed E-state index contributed by atoms with van der Waals surface area (Å²) in [5.74, 6) is 0.740. The number of rotatable bonds is 4. The Morgan fingerprint density at radius 3 is 2.65 bits per heavy atom. The van der Waals surface area contributed by atoms with Crippen molar-refractivity contribution in [3.63, 3.8) is 0 Å². The number of tetrazole rings is 1. The van der Waals surface area contributed by atoms with Gasteiger partial charge in [0.2, 0.25) is 0 Å². The lowest BCUT2D eigenvalue weighted by atomic mass is 10.2. The summed E-state index contributed by atoms with van der Waals surface area (Å²) in [6.07, 6.45) is 0. The maximum atomic E-state index is 12.1. The standard InChI is InChI=1S/C15H12BrIN4O2/c1-20-15(22)21(19-18-20)13-7-4-6-12(17)10(13)9-23-14-8-3-2-5-11(14)16/h2-8H,9H2,1H3. The second-order valence-electron chi connectivity index (χ2n) is 4.75. The van der Waals surface area contributed by atoms with Gasteiger partial charge in [0.05, 0.1) is 10.2 Å². The van der Waals surface area contributed by atoms with Gasteiger partial charge in [-0.2, -0.15) is 9.36 Å². The van der Waals surface area contributed by atoms with E-state index in [9.17, 15) is 4.79 Å². The van der Waals surface area contributed by atoms with Gasteiger partial charge >= 0.3 is 5.69 Å². The van der Waals surface area contributed by atoms with Gasteiger partial charge in [-0.1, -0.05) is 18.2 Å². The van der Waals surface area contributed by atoms with E-state index in [1.165, 1.54) is 9.36 Å². The van der Waals surface area contributed by atoms with Crippen LogP contribution in [0.3, 0.4) is 0 Å². The van der Waals surface area contributed by atoms with Crippen LogP contribution in [0.15, 0.2) is 51.7 Å². The molecule has 118 valence electrons. The number of hydrogen-bond donors (Lipinski definition) is 0. The van der Waals surface area contributed by atoms with Crippen LogP contribution in [0.5, 0.6) is 5.75 Å². The Bertz CT molecular complexity index is 906. The molecule has 8 heteroatoms. The van der Waals surface area contributed by atoms with E-state index in [0.717, 1.165) is 19.4 Å². The van der Waals surface area contributed by atoms with Crippen LogP contribution in [0, 0.1) is 3.57 Å². The molecule has 0 saturated carbocycles. The van der Waals surface area contributed by atoms with Crippen molar-refractivity contribution < 1.29 is 4.74 Å². The van der Waals surface area contributed by atoms with E-state index in [1.807, 2.05) is 42.5 Å². The quantitative estimate of drug-likeness (QED) is 0.532. The Hall–Kier alpha value is -1.68. The molecule has 3 rings (SSSR count).